The van der Waals surface area contributed by atoms with Gasteiger partial charge in [-0.3, -0.25) is 4.90 Å². The molecule has 0 amide bonds. The molecular formula is C13H25NO. The van der Waals surface area contributed by atoms with Gasteiger partial charge in [-0.2, -0.15) is 0 Å². The quantitative estimate of drug-likeness (QED) is 0.758. The molecule has 0 radical (unpaired) electrons. The Morgan fingerprint density at radius 1 is 1.27 bits per heavy atom. The zero-order valence-corrected chi connectivity index (χ0v) is 10.2. The van der Waals surface area contributed by atoms with E-state index in [0.717, 1.165) is 31.5 Å². The minimum atomic E-state index is -0.415. The number of rotatable bonds is 2. The van der Waals surface area contributed by atoms with Gasteiger partial charge in [0.1, 0.15) is 0 Å². The monoisotopic (exact) mass is 211 g/mol. The molecule has 1 saturated carbocycles. The number of nitrogens with zero attached hydrogens (tertiary/aromatic N) is 1. The van der Waals surface area contributed by atoms with Gasteiger partial charge in [0.25, 0.3) is 0 Å². The Morgan fingerprint density at radius 3 is 2.40 bits per heavy atom. The molecule has 0 aromatic heterocycles. The second-order valence-electron chi connectivity index (χ2n) is 5.80. The fourth-order valence-electron chi connectivity index (χ4n) is 3.21. The van der Waals surface area contributed by atoms with Crippen molar-refractivity contribution in [1.82, 2.24) is 4.90 Å². The van der Waals surface area contributed by atoms with Crippen LogP contribution in [0, 0.1) is 5.92 Å². The fourth-order valence-corrected chi connectivity index (χ4v) is 3.21. The first kappa shape index (κ1) is 11.4. The van der Waals surface area contributed by atoms with E-state index >= 15 is 0 Å². The highest BCUT2D eigenvalue weighted by Crippen LogP contribution is 2.32. The predicted molar refractivity (Wildman–Crippen MR) is 62.9 cm³/mol. The summed E-state index contributed by atoms with van der Waals surface area (Å²) in [7, 11) is 0. The third-order valence-corrected chi connectivity index (χ3v) is 4.39. The van der Waals surface area contributed by atoms with Gasteiger partial charge in [0.2, 0.25) is 0 Å². The molecule has 0 aromatic carbocycles. The van der Waals surface area contributed by atoms with Gasteiger partial charge in [0.15, 0.2) is 0 Å². The van der Waals surface area contributed by atoms with E-state index in [-0.39, 0.29) is 0 Å². The number of likely N-dealkylation sites (tertiary alicyclic amines) is 1. The normalized spacial score (nSPS) is 43.4. The van der Waals surface area contributed by atoms with Crippen molar-refractivity contribution in [2.45, 2.75) is 64.0 Å². The fraction of sp³-hybridized carbons (Fsp3) is 1.00. The van der Waals surface area contributed by atoms with E-state index in [9.17, 15) is 5.11 Å². The summed E-state index contributed by atoms with van der Waals surface area (Å²) in [6.07, 6.45) is 7.83. The predicted octanol–water partition coefficient (Wildman–Crippen LogP) is 2.41. The molecule has 0 bridgehead atoms. The molecule has 1 aliphatic heterocycles. The maximum atomic E-state index is 9.95. The van der Waals surface area contributed by atoms with Crippen molar-refractivity contribution < 1.29 is 5.11 Å². The molecule has 0 spiro atoms. The van der Waals surface area contributed by atoms with Gasteiger partial charge >= 0.3 is 0 Å². The highest BCUT2D eigenvalue weighted by molar-refractivity contribution is 4.90. The summed E-state index contributed by atoms with van der Waals surface area (Å²) in [5, 5.41) is 9.95. The summed E-state index contributed by atoms with van der Waals surface area (Å²) in [5.41, 5.74) is -0.415. The van der Waals surface area contributed by atoms with Crippen LogP contribution < -0.4 is 0 Å². The van der Waals surface area contributed by atoms with E-state index in [0.29, 0.717) is 0 Å². The van der Waals surface area contributed by atoms with Gasteiger partial charge in [0.05, 0.1) is 5.60 Å². The summed E-state index contributed by atoms with van der Waals surface area (Å²) in [6, 6.07) is 0.766. The minimum Gasteiger partial charge on any atom is -0.389 e. The van der Waals surface area contributed by atoms with Crippen LogP contribution in [0.4, 0.5) is 0 Å². The molecule has 2 heteroatoms. The van der Waals surface area contributed by atoms with Gasteiger partial charge in [-0.25, -0.2) is 0 Å². The van der Waals surface area contributed by atoms with E-state index in [1.165, 1.54) is 32.1 Å². The molecule has 1 aliphatic carbocycles. The Kier molecular flexibility index (Phi) is 3.36. The van der Waals surface area contributed by atoms with Crippen molar-refractivity contribution >= 4 is 0 Å². The summed E-state index contributed by atoms with van der Waals surface area (Å²) in [4.78, 5) is 2.52. The molecule has 2 nitrogen and oxygen atoms in total. The maximum Gasteiger partial charge on any atom is 0.0758 e. The van der Waals surface area contributed by atoms with Crippen LogP contribution in [-0.4, -0.2) is 34.7 Å². The zero-order valence-electron chi connectivity index (χ0n) is 10.2. The molecule has 1 saturated heterocycles. The van der Waals surface area contributed by atoms with E-state index in [2.05, 4.69) is 11.8 Å². The average Bonchev–Trinajstić information content (AvgIpc) is 2.59. The van der Waals surface area contributed by atoms with E-state index in [1.807, 2.05) is 6.92 Å². The Bertz CT molecular complexity index is 207. The van der Waals surface area contributed by atoms with Crippen molar-refractivity contribution in [2.75, 3.05) is 13.1 Å². The summed E-state index contributed by atoms with van der Waals surface area (Å²) >= 11 is 0. The molecule has 0 aromatic rings. The lowest BCUT2D eigenvalue weighted by atomic mass is 9.84. The topological polar surface area (TPSA) is 23.5 Å². The molecule has 1 unspecified atom stereocenters. The van der Waals surface area contributed by atoms with Crippen LogP contribution >= 0.6 is 0 Å². The molecule has 88 valence electrons. The second kappa shape index (κ2) is 4.42. The van der Waals surface area contributed by atoms with Gasteiger partial charge in [-0.15, -0.1) is 0 Å². The molecular weight excluding hydrogens is 186 g/mol. The second-order valence-corrected chi connectivity index (χ2v) is 5.80. The SMILES string of the molecule is CCC1CCC(N2CCC(C)(O)C2)CC1. The first-order valence-corrected chi connectivity index (χ1v) is 6.57. The van der Waals surface area contributed by atoms with E-state index in [1.54, 1.807) is 0 Å². The average molecular weight is 211 g/mol. The number of aliphatic hydroxyl groups is 1. The van der Waals surface area contributed by atoms with Crippen molar-refractivity contribution in [2.24, 2.45) is 5.92 Å². The van der Waals surface area contributed by atoms with Crippen LogP contribution in [0.2, 0.25) is 0 Å². The first-order valence-electron chi connectivity index (χ1n) is 6.57. The van der Waals surface area contributed by atoms with Gasteiger partial charge in [-0.1, -0.05) is 13.3 Å². The Morgan fingerprint density at radius 2 is 1.93 bits per heavy atom. The zero-order chi connectivity index (χ0) is 10.9. The number of β-amino-alcohol motifs (C(OH)–C–C–N with tert-alkyl or cyclic N) is 1. The van der Waals surface area contributed by atoms with Crippen LogP contribution in [0.5, 0.6) is 0 Å². The van der Waals surface area contributed by atoms with Crippen LogP contribution in [-0.2, 0) is 0 Å². The Labute approximate surface area is 93.7 Å². The standard InChI is InChI=1S/C13H25NO/c1-3-11-4-6-12(7-5-11)14-9-8-13(2,15)10-14/h11-12,15H,3-10H2,1-2H3. The van der Waals surface area contributed by atoms with Gasteiger partial charge in [-0.05, 0) is 44.9 Å². The lowest BCUT2D eigenvalue weighted by Gasteiger charge is -2.34. The first-order chi connectivity index (χ1) is 7.11. The molecule has 1 atom stereocenters. The molecule has 2 rings (SSSR count). The van der Waals surface area contributed by atoms with Gasteiger partial charge < -0.3 is 5.11 Å². The Balaban J connectivity index is 1.81. The van der Waals surface area contributed by atoms with Crippen molar-refractivity contribution in [3.05, 3.63) is 0 Å². The smallest absolute Gasteiger partial charge is 0.0758 e. The van der Waals surface area contributed by atoms with Crippen molar-refractivity contribution in [3.63, 3.8) is 0 Å². The molecule has 1 heterocycles. The third-order valence-electron chi connectivity index (χ3n) is 4.39. The lowest BCUT2D eigenvalue weighted by molar-refractivity contribution is 0.0558. The highest BCUT2D eigenvalue weighted by atomic mass is 16.3. The summed E-state index contributed by atoms with van der Waals surface area (Å²) in [6.45, 7) is 6.29. The van der Waals surface area contributed by atoms with Crippen LogP contribution in [0.3, 0.4) is 0 Å². The van der Waals surface area contributed by atoms with E-state index < -0.39 is 5.60 Å². The van der Waals surface area contributed by atoms with Crippen molar-refractivity contribution in [3.8, 4) is 0 Å². The highest BCUT2D eigenvalue weighted by Gasteiger charge is 2.36. The van der Waals surface area contributed by atoms with Crippen LogP contribution in [0.1, 0.15) is 52.4 Å². The third kappa shape index (κ3) is 2.73. The molecule has 2 aliphatic rings. The minimum absolute atomic E-state index is 0.415. The molecule has 1 N–H and O–H groups in total. The van der Waals surface area contributed by atoms with Crippen LogP contribution in [0.25, 0.3) is 0 Å². The number of hydrogen-bond donors (Lipinski definition) is 1. The summed E-state index contributed by atoms with van der Waals surface area (Å²) in [5.74, 6) is 0.976. The van der Waals surface area contributed by atoms with Gasteiger partial charge in [0, 0.05) is 19.1 Å². The number of hydrogen-bond acceptors (Lipinski definition) is 2. The molecule has 2 fully saturated rings. The summed E-state index contributed by atoms with van der Waals surface area (Å²) < 4.78 is 0. The van der Waals surface area contributed by atoms with Crippen LogP contribution in [0.15, 0.2) is 0 Å². The Hall–Kier alpha value is -0.0800. The largest absolute Gasteiger partial charge is 0.389 e. The lowest BCUT2D eigenvalue weighted by Crippen LogP contribution is -2.39. The maximum absolute atomic E-state index is 9.95. The molecule has 15 heavy (non-hydrogen) atoms. The van der Waals surface area contributed by atoms with Crippen molar-refractivity contribution in [1.29, 1.82) is 0 Å². The van der Waals surface area contributed by atoms with E-state index in [4.69, 9.17) is 0 Å².